The molecule has 1 heterocycles. The molecule has 0 saturated carbocycles. The zero-order valence-corrected chi connectivity index (χ0v) is 17.4. The van der Waals surface area contributed by atoms with Gasteiger partial charge in [-0.25, -0.2) is 9.97 Å². The molecule has 0 fully saturated rings. The molecular weight excluding hydrogens is 414 g/mol. The zero-order chi connectivity index (χ0) is 19.5. The monoisotopic (exact) mass is 435 g/mol. The highest BCUT2D eigenvalue weighted by molar-refractivity contribution is 9.10. The van der Waals surface area contributed by atoms with Crippen molar-refractivity contribution in [3.8, 4) is 11.3 Å². The summed E-state index contributed by atoms with van der Waals surface area (Å²) in [5.41, 5.74) is 6.26. The number of nitrogens with zero attached hydrogens (tertiary/aromatic N) is 2. The average molecular weight is 436 g/mol. The largest absolute Gasteiger partial charge is 0.309 e. The molecule has 0 bridgehead atoms. The minimum Gasteiger partial charge on any atom is -0.309 e. The summed E-state index contributed by atoms with van der Waals surface area (Å²) in [6, 6.07) is 16.2. The first kappa shape index (κ1) is 18.8. The van der Waals surface area contributed by atoms with Gasteiger partial charge in [0.25, 0.3) is 0 Å². The van der Waals surface area contributed by atoms with Crippen LogP contribution in [0.2, 0.25) is 0 Å². The van der Waals surface area contributed by atoms with E-state index in [9.17, 15) is 4.79 Å². The van der Waals surface area contributed by atoms with Crippen LogP contribution in [0.5, 0.6) is 0 Å². The lowest BCUT2D eigenvalue weighted by molar-refractivity contribution is -0.115. The number of aromatic nitrogens is 2. The molecule has 142 valence electrons. The number of halogens is 1. The van der Waals surface area contributed by atoms with Crippen LogP contribution in [0.15, 0.2) is 53.0 Å². The van der Waals surface area contributed by atoms with Crippen molar-refractivity contribution < 1.29 is 4.79 Å². The highest BCUT2D eigenvalue weighted by Gasteiger charge is 2.21. The first-order valence-corrected chi connectivity index (χ1v) is 10.5. The third-order valence-electron chi connectivity index (χ3n) is 4.97. The molecule has 1 amide bonds. The summed E-state index contributed by atoms with van der Waals surface area (Å²) in [6.45, 7) is 2.11. The van der Waals surface area contributed by atoms with Crippen molar-refractivity contribution in [1.29, 1.82) is 0 Å². The van der Waals surface area contributed by atoms with Crippen LogP contribution in [0.25, 0.3) is 11.3 Å². The molecule has 4 nitrogen and oxygen atoms in total. The zero-order valence-electron chi connectivity index (χ0n) is 15.8. The molecule has 0 atom stereocenters. The van der Waals surface area contributed by atoms with Crippen molar-refractivity contribution in [1.82, 2.24) is 9.97 Å². The van der Waals surface area contributed by atoms with Gasteiger partial charge >= 0.3 is 0 Å². The molecule has 0 unspecified atom stereocenters. The van der Waals surface area contributed by atoms with Crippen LogP contribution in [-0.4, -0.2) is 15.9 Å². The maximum atomic E-state index is 12.6. The SMILES string of the molecule is CCCc1nc2c(nc1NC(=O)Cc1ccc(Br)cc1)CCc1ccccc1-2. The highest BCUT2D eigenvalue weighted by atomic mass is 79.9. The molecule has 1 aliphatic rings. The van der Waals surface area contributed by atoms with E-state index in [-0.39, 0.29) is 5.91 Å². The summed E-state index contributed by atoms with van der Waals surface area (Å²) >= 11 is 3.42. The molecular formula is C23H22BrN3O. The average Bonchev–Trinajstić information content (AvgIpc) is 2.70. The number of rotatable bonds is 5. The normalized spacial score (nSPS) is 12.2. The summed E-state index contributed by atoms with van der Waals surface area (Å²) in [5.74, 6) is 0.548. The number of carbonyl (C=O) groups excluding carboxylic acids is 1. The van der Waals surface area contributed by atoms with E-state index in [0.717, 1.165) is 52.8 Å². The fourth-order valence-electron chi connectivity index (χ4n) is 3.59. The van der Waals surface area contributed by atoms with Crippen molar-refractivity contribution in [3.63, 3.8) is 0 Å². The number of hydrogen-bond acceptors (Lipinski definition) is 3. The first-order valence-electron chi connectivity index (χ1n) is 9.66. The van der Waals surface area contributed by atoms with Gasteiger partial charge in [-0.2, -0.15) is 0 Å². The molecule has 28 heavy (non-hydrogen) atoms. The van der Waals surface area contributed by atoms with Gasteiger partial charge in [0.05, 0.1) is 23.5 Å². The third-order valence-corrected chi connectivity index (χ3v) is 5.50. The van der Waals surface area contributed by atoms with Gasteiger partial charge in [0.1, 0.15) is 0 Å². The van der Waals surface area contributed by atoms with Crippen molar-refractivity contribution in [2.24, 2.45) is 0 Å². The number of amides is 1. The number of benzene rings is 2. The molecule has 0 radical (unpaired) electrons. The molecule has 0 aliphatic heterocycles. The van der Waals surface area contributed by atoms with Gasteiger partial charge in [0.2, 0.25) is 5.91 Å². The van der Waals surface area contributed by atoms with Crippen LogP contribution < -0.4 is 5.32 Å². The Morgan fingerprint density at radius 1 is 1.07 bits per heavy atom. The third kappa shape index (κ3) is 3.99. The Balaban J connectivity index is 1.62. The molecule has 1 aromatic heterocycles. The molecule has 3 aromatic rings. The number of fused-ring (bicyclic) bond motifs is 3. The minimum absolute atomic E-state index is 0.0647. The Bertz CT molecular complexity index is 1010. The van der Waals surface area contributed by atoms with E-state index in [1.54, 1.807) is 0 Å². The number of aryl methyl sites for hydroxylation is 3. The summed E-state index contributed by atoms with van der Waals surface area (Å²) in [6.07, 6.45) is 3.86. The van der Waals surface area contributed by atoms with Gasteiger partial charge in [-0.3, -0.25) is 4.79 Å². The maximum Gasteiger partial charge on any atom is 0.229 e. The number of carbonyl (C=O) groups is 1. The summed E-state index contributed by atoms with van der Waals surface area (Å²) in [4.78, 5) is 22.4. The molecule has 2 aromatic carbocycles. The van der Waals surface area contributed by atoms with Gasteiger partial charge in [-0.05, 0) is 42.5 Å². The van der Waals surface area contributed by atoms with Crippen molar-refractivity contribution in [2.45, 2.75) is 39.0 Å². The van der Waals surface area contributed by atoms with Crippen molar-refractivity contribution in [2.75, 3.05) is 5.32 Å². The second kappa shape index (κ2) is 8.23. The Morgan fingerprint density at radius 3 is 2.64 bits per heavy atom. The highest BCUT2D eigenvalue weighted by Crippen LogP contribution is 2.32. The van der Waals surface area contributed by atoms with E-state index in [1.807, 2.05) is 30.3 Å². The van der Waals surface area contributed by atoms with Crippen molar-refractivity contribution in [3.05, 3.63) is 75.5 Å². The Morgan fingerprint density at radius 2 is 1.86 bits per heavy atom. The second-order valence-corrected chi connectivity index (χ2v) is 7.99. The Kier molecular flexibility index (Phi) is 5.53. The fraction of sp³-hybridized carbons (Fsp3) is 0.261. The van der Waals surface area contributed by atoms with Crippen LogP contribution in [-0.2, 0) is 30.5 Å². The lowest BCUT2D eigenvalue weighted by Gasteiger charge is -2.20. The first-order chi connectivity index (χ1) is 13.6. The van der Waals surface area contributed by atoms with Crippen LogP contribution in [0, 0.1) is 0 Å². The lowest BCUT2D eigenvalue weighted by Crippen LogP contribution is -2.19. The number of hydrogen-bond donors (Lipinski definition) is 1. The van der Waals surface area contributed by atoms with Gasteiger partial charge < -0.3 is 5.32 Å². The van der Waals surface area contributed by atoms with Gasteiger partial charge in [-0.1, -0.05) is 65.7 Å². The van der Waals surface area contributed by atoms with Crippen LogP contribution >= 0.6 is 15.9 Å². The maximum absolute atomic E-state index is 12.6. The smallest absolute Gasteiger partial charge is 0.229 e. The van der Waals surface area contributed by atoms with E-state index in [2.05, 4.69) is 46.4 Å². The quantitative estimate of drug-likeness (QED) is 0.603. The standard InChI is InChI=1S/C23H22BrN3O/c1-2-5-20-23(27-21(28)14-15-8-11-17(24)12-9-15)26-19-13-10-16-6-3-4-7-18(16)22(19)25-20/h3-4,6-9,11-12H,2,5,10,13-14H2,1H3,(H,26,27,28). The van der Waals surface area contributed by atoms with Gasteiger partial charge in [-0.15, -0.1) is 0 Å². The predicted molar refractivity (Wildman–Crippen MR) is 115 cm³/mol. The summed E-state index contributed by atoms with van der Waals surface area (Å²) < 4.78 is 1.00. The van der Waals surface area contributed by atoms with Gasteiger partial charge in [0, 0.05) is 10.0 Å². The van der Waals surface area contributed by atoms with Crippen LogP contribution in [0.4, 0.5) is 5.82 Å². The minimum atomic E-state index is -0.0647. The fourth-order valence-corrected chi connectivity index (χ4v) is 3.86. The summed E-state index contributed by atoms with van der Waals surface area (Å²) in [5, 5.41) is 3.01. The summed E-state index contributed by atoms with van der Waals surface area (Å²) in [7, 11) is 0. The van der Waals surface area contributed by atoms with Gasteiger partial charge in [0.15, 0.2) is 5.82 Å². The van der Waals surface area contributed by atoms with E-state index >= 15 is 0 Å². The van der Waals surface area contributed by atoms with E-state index in [1.165, 1.54) is 11.1 Å². The lowest BCUT2D eigenvalue weighted by atomic mass is 9.91. The number of anilines is 1. The Labute approximate surface area is 173 Å². The second-order valence-electron chi connectivity index (χ2n) is 7.07. The Hall–Kier alpha value is -2.53. The molecule has 1 N–H and O–H groups in total. The number of nitrogens with one attached hydrogen (secondary N) is 1. The predicted octanol–water partition coefficient (Wildman–Crippen LogP) is 5.14. The molecule has 0 spiro atoms. The molecule has 4 rings (SSSR count). The topological polar surface area (TPSA) is 54.9 Å². The van der Waals surface area contributed by atoms with Crippen molar-refractivity contribution >= 4 is 27.7 Å². The van der Waals surface area contributed by atoms with Crippen LogP contribution in [0.3, 0.4) is 0 Å². The van der Waals surface area contributed by atoms with E-state index < -0.39 is 0 Å². The van der Waals surface area contributed by atoms with Crippen LogP contribution in [0.1, 0.15) is 35.9 Å². The molecule has 0 saturated heterocycles. The van der Waals surface area contributed by atoms with E-state index in [0.29, 0.717) is 12.2 Å². The van der Waals surface area contributed by atoms with E-state index in [4.69, 9.17) is 9.97 Å². The molecule has 5 heteroatoms. The molecule has 1 aliphatic carbocycles.